The third kappa shape index (κ3) is 4.43. The van der Waals surface area contributed by atoms with E-state index in [9.17, 15) is 14.0 Å². The number of nitrogens with one attached hydrogen (secondary N) is 1. The van der Waals surface area contributed by atoms with Crippen LogP contribution in [0.15, 0.2) is 0 Å². The molecule has 16 heavy (non-hydrogen) atoms. The van der Waals surface area contributed by atoms with Crippen LogP contribution in [0.3, 0.4) is 0 Å². The van der Waals surface area contributed by atoms with Crippen LogP contribution in [-0.2, 0) is 14.4 Å². The molecule has 0 fully saturated rings. The Labute approximate surface area is 93.2 Å². The van der Waals surface area contributed by atoms with Crippen LogP contribution in [0, 0.1) is 0 Å². The molecular weight excluding hydrogens is 219 g/mol. The van der Waals surface area contributed by atoms with Gasteiger partial charge >= 0.3 is 12.1 Å². The summed E-state index contributed by atoms with van der Waals surface area (Å²) in [7, 11) is 0. The van der Waals surface area contributed by atoms with Crippen LogP contribution in [0.2, 0.25) is 0 Å². The minimum absolute atomic E-state index is 0.742. The molecule has 0 saturated carbocycles. The number of halogens is 1. The Morgan fingerprint density at radius 2 is 1.81 bits per heavy atom. The van der Waals surface area contributed by atoms with Gasteiger partial charge in [-0.05, 0) is 27.7 Å². The van der Waals surface area contributed by atoms with E-state index in [0.717, 1.165) is 6.92 Å². The quantitative estimate of drug-likeness (QED) is 0.702. The number of carbonyl (C=O) groups excluding carboxylic acids is 2. The van der Waals surface area contributed by atoms with Gasteiger partial charge in [-0.1, -0.05) is 0 Å². The first-order valence-corrected chi connectivity index (χ1v) is 4.63. The van der Waals surface area contributed by atoms with Gasteiger partial charge in [-0.3, -0.25) is 0 Å². The number of amides is 1. The summed E-state index contributed by atoms with van der Waals surface area (Å²) in [5.41, 5.74) is -2.58. The van der Waals surface area contributed by atoms with Gasteiger partial charge in [0.1, 0.15) is 12.3 Å². The van der Waals surface area contributed by atoms with Crippen LogP contribution >= 0.6 is 0 Å². The number of hydrogen-bond acceptors (Lipinski definition) is 5. The largest absolute Gasteiger partial charge is 0.444 e. The lowest BCUT2D eigenvalue weighted by Gasteiger charge is -2.26. The summed E-state index contributed by atoms with van der Waals surface area (Å²) in [6.07, 6.45) is -0.918. The van der Waals surface area contributed by atoms with Crippen molar-refractivity contribution in [2.24, 2.45) is 5.90 Å². The van der Waals surface area contributed by atoms with Gasteiger partial charge in [-0.25, -0.2) is 14.0 Å². The van der Waals surface area contributed by atoms with E-state index >= 15 is 0 Å². The number of carbonyl (C=O) groups is 2. The highest BCUT2D eigenvalue weighted by Gasteiger charge is 2.38. The van der Waals surface area contributed by atoms with Crippen molar-refractivity contribution in [3.8, 4) is 0 Å². The van der Waals surface area contributed by atoms with Crippen molar-refractivity contribution in [1.29, 1.82) is 0 Å². The highest BCUT2D eigenvalue weighted by Crippen LogP contribution is 2.11. The zero-order valence-corrected chi connectivity index (χ0v) is 9.80. The predicted octanol–water partition coefficient (Wildman–Crippen LogP) is 0.656. The zero-order chi connectivity index (χ0) is 13.0. The van der Waals surface area contributed by atoms with E-state index in [1.807, 2.05) is 0 Å². The van der Waals surface area contributed by atoms with Gasteiger partial charge in [-0.15, -0.1) is 0 Å². The third-order valence-corrected chi connectivity index (χ3v) is 1.60. The van der Waals surface area contributed by atoms with E-state index in [0.29, 0.717) is 0 Å². The van der Waals surface area contributed by atoms with Gasteiger partial charge in [0.15, 0.2) is 5.54 Å². The second kappa shape index (κ2) is 5.11. The molecule has 1 amide bonds. The molecule has 0 radical (unpaired) electrons. The van der Waals surface area contributed by atoms with E-state index in [-0.39, 0.29) is 0 Å². The molecule has 0 aromatic rings. The van der Waals surface area contributed by atoms with E-state index in [4.69, 9.17) is 4.74 Å². The van der Waals surface area contributed by atoms with E-state index in [2.05, 4.69) is 16.1 Å². The second-order valence-electron chi connectivity index (χ2n) is 4.50. The summed E-state index contributed by atoms with van der Waals surface area (Å²) in [5.74, 6) is 3.55. The van der Waals surface area contributed by atoms with Crippen LogP contribution in [0.4, 0.5) is 9.18 Å². The molecule has 3 N–H and O–H groups in total. The summed E-state index contributed by atoms with van der Waals surface area (Å²) >= 11 is 0. The Kier molecular flexibility index (Phi) is 4.67. The monoisotopic (exact) mass is 236 g/mol. The molecular formula is C9H17FN2O4. The van der Waals surface area contributed by atoms with Crippen molar-refractivity contribution in [2.45, 2.75) is 38.8 Å². The van der Waals surface area contributed by atoms with E-state index in [1.54, 1.807) is 20.8 Å². The van der Waals surface area contributed by atoms with Gasteiger partial charge < -0.3 is 14.9 Å². The maximum absolute atomic E-state index is 12.6. The van der Waals surface area contributed by atoms with Crippen molar-refractivity contribution in [3.63, 3.8) is 0 Å². The minimum Gasteiger partial charge on any atom is -0.444 e. The standard InChI is InChI=1S/C9H17FN2O4/c1-8(2,3)15-7(14)12-9(4,5-10)6(13)16-11/h5,11H2,1-4H3,(H,12,14). The van der Waals surface area contributed by atoms with Crippen LogP contribution in [0.25, 0.3) is 0 Å². The molecule has 0 aromatic carbocycles. The zero-order valence-electron chi connectivity index (χ0n) is 9.80. The van der Waals surface area contributed by atoms with Crippen molar-refractivity contribution in [1.82, 2.24) is 5.32 Å². The molecule has 0 aliphatic carbocycles. The maximum Gasteiger partial charge on any atom is 0.408 e. The van der Waals surface area contributed by atoms with Gasteiger partial charge in [-0.2, -0.15) is 5.90 Å². The first-order valence-electron chi connectivity index (χ1n) is 4.63. The Balaban J connectivity index is 4.55. The van der Waals surface area contributed by atoms with Crippen LogP contribution < -0.4 is 11.2 Å². The number of alkyl halides is 1. The third-order valence-electron chi connectivity index (χ3n) is 1.60. The number of hydrogen-bond donors (Lipinski definition) is 2. The Bertz CT molecular complexity index is 277. The fourth-order valence-corrected chi connectivity index (χ4v) is 0.798. The molecule has 0 aliphatic rings. The second-order valence-corrected chi connectivity index (χ2v) is 4.50. The van der Waals surface area contributed by atoms with Gasteiger partial charge in [0.2, 0.25) is 0 Å². The van der Waals surface area contributed by atoms with E-state index < -0.39 is 29.9 Å². The molecule has 0 heterocycles. The summed E-state index contributed by atoms with van der Waals surface area (Å²) < 4.78 is 17.5. The van der Waals surface area contributed by atoms with Crippen LogP contribution in [-0.4, -0.2) is 29.9 Å². The van der Waals surface area contributed by atoms with E-state index in [1.165, 1.54) is 0 Å². The summed E-state index contributed by atoms with van der Waals surface area (Å²) in [5, 5.41) is 2.06. The molecule has 94 valence electrons. The van der Waals surface area contributed by atoms with Gasteiger partial charge in [0.05, 0.1) is 0 Å². The average molecular weight is 236 g/mol. The molecule has 6 nitrogen and oxygen atoms in total. The highest BCUT2D eigenvalue weighted by molar-refractivity contribution is 5.85. The lowest BCUT2D eigenvalue weighted by atomic mass is 10.1. The SMILES string of the molecule is CC(C)(C)OC(=O)NC(C)(CF)C(=O)ON. The molecule has 1 unspecified atom stereocenters. The van der Waals surface area contributed by atoms with Crippen LogP contribution in [0.1, 0.15) is 27.7 Å². The normalized spacial score (nSPS) is 14.9. The molecule has 7 heteroatoms. The molecule has 0 bridgehead atoms. The number of nitrogens with two attached hydrogens (primary N) is 1. The predicted molar refractivity (Wildman–Crippen MR) is 54.0 cm³/mol. The molecule has 0 saturated heterocycles. The molecule has 0 aliphatic heterocycles. The van der Waals surface area contributed by atoms with Crippen molar-refractivity contribution < 1.29 is 23.6 Å². The van der Waals surface area contributed by atoms with Crippen molar-refractivity contribution >= 4 is 12.1 Å². The lowest BCUT2D eigenvalue weighted by Crippen LogP contribution is -2.56. The van der Waals surface area contributed by atoms with Gasteiger partial charge in [0, 0.05) is 0 Å². The minimum atomic E-state index is -1.84. The molecule has 0 spiro atoms. The number of alkyl carbamates (subject to hydrolysis) is 1. The first kappa shape index (κ1) is 14.6. The maximum atomic E-state index is 12.6. The van der Waals surface area contributed by atoms with Crippen LogP contribution in [0.5, 0.6) is 0 Å². The number of rotatable bonds is 3. The fraction of sp³-hybridized carbons (Fsp3) is 0.778. The summed E-state index contributed by atoms with van der Waals surface area (Å²) in [6, 6.07) is 0. The Hall–Kier alpha value is -1.37. The first-order chi connectivity index (χ1) is 7.14. The van der Waals surface area contributed by atoms with Crippen molar-refractivity contribution in [3.05, 3.63) is 0 Å². The summed E-state index contributed by atoms with van der Waals surface area (Å²) in [6.45, 7) is 4.91. The van der Waals surface area contributed by atoms with Gasteiger partial charge in [0.25, 0.3) is 0 Å². The van der Waals surface area contributed by atoms with Crippen molar-refractivity contribution in [2.75, 3.05) is 6.67 Å². The average Bonchev–Trinajstić information content (AvgIpc) is 2.13. The molecule has 1 atom stereocenters. The Morgan fingerprint density at radius 1 is 1.31 bits per heavy atom. The smallest absolute Gasteiger partial charge is 0.408 e. The summed E-state index contributed by atoms with van der Waals surface area (Å²) in [4.78, 5) is 26.3. The Morgan fingerprint density at radius 3 is 2.12 bits per heavy atom. The topological polar surface area (TPSA) is 90.6 Å². The molecule has 0 aromatic heterocycles. The highest BCUT2D eigenvalue weighted by atomic mass is 19.1. The fourth-order valence-electron chi connectivity index (χ4n) is 0.798. The number of ether oxygens (including phenoxy) is 1. The lowest BCUT2D eigenvalue weighted by molar-refractivity contribution is -0.152. The molecule has 0 rings (SSSR count).